The van der Waals surface area contributed by atoms with Crippen LogP contribution in [0.5, 0.6) is 0 Å². The third-order valence-electron chi connectivity index (χ3n) is 11.7. The van der Waals surface area contributed by atoms with Crippen molar-refractivity contribution in [1.82, 2.24) is 18.8 Å². The van der Waals surface area contributed by atoms with Gasteiger partial charge in [-0.3, -0.25) is 18.4 Å². The molecule has 0 spiro atoms. The average molecular weight is 776 g/mol. The van der Waals surface area contributed by atoms with E-state index in [-0.39, 0.29) is 11.1 Å². The average Bonchev–Trinajstić information content (AvgIpc) is 3.78. The van der Waals surface area contributed by atoms with Crippen LogP contribution in [-0.4, -0.2) is 18.8 Å². The van der Waals surface area contributed by atoms with E-state index < -0.39 is 0 Å². The summed E-state index contributed by atoms with van der Waals surface area (Å²) in [6.07, 6.45) is 0. The Morgan fingerprint density at radius 1 is 0.389 bits per heavy atom. The number of pyridine rings is 2. The van der Waals surface area contributed by atoms with Crippen molar-refractivity contribution in [2.24, 2.45) is 0 Å². The van der Waals surface area contributed by atoms with Gasteiger partial charge in [0.05, 0.1) is 32.8 Å². The van der Waals surface area contributed by atoms with E-state index in [1.165, 1.54) is 0 Å². The van der Waals surface area contributed by atoms with Crippen molar-refractivity contribution in [3.05, 3.63) is 138 Å². The molecule has 0 amide bonds. The molecule has 2 N–H and O–H groups in total. The predicted molar refractivity (Wildman–Crippen MR) is 227 cm³/mol. The second-order valence-corrected chi connectivity index (χ2v) is 15.8. The third-order valence-corrected chi connectivity index (χ3v) is 12.9. The van der Waals surface area contributed by atoms with Gasteiger partial charge in [-0.05, 0) is 47.2 Å². The van der Waals surface area contributed by atoms with Gasteiger partial charge in [-0.1, -0.05) is 107 Å². The SMILES string of the molecule is O=c1c2cc(Cl)c3c4c(Cl)cc5c6c(cc(Cl)c(c7c(Cl)cc(c2c37)c2[nH]c3c7ccccc7ccc3n12)c46)c(=O)n1c2ccc3ccccc3c2[nH]c51. The van der Waals surface area contributed by atoms with Crippen LogP contribution in [0.25, 0.3) is 120 Å². The molecule has 9 aromatic carbocycles. The number of aromatic nitrogens is 4. The van der Waals surface area contributed by atoms with E-state index in [0.717, 1.165) is 54.4 Å². The molecule has 10 heteroatoms. The number of imidazole rings is 2. The molecule has 13 aromatic rings. The minimum atomic E-state index is -0.213. The Labute approximate surface area is 320 Å². The lowest BCUT2D eigenvalue weighted by Gasteiger charge is -2.21. The van der Waals surface area contributed by atoms with Crippen LogP contribution in [0.1, 0.15) is 0 Å². The predicted octanol–water partition coefficient (Wildman–Crippen LogP) is 12.6. The van der Waals surface area contributed by atoms with Crippen molar-refractivity contribution >= 4 is 166 Å². The number of hydrogen-bond acceptors (Lipinski definition) is 2. The zero-order valence-corrected chi connectivity index (χ0v) is 30.5. The maximum atomic E-state index is 14.6. The molecule has 0 atom stereocenters. The standard InChI is InChI=1S/C44H18Cl4N4O2/c45-25-13-21-31-23(43(53)51-29-11-9-17-5-1-3-7-19(17)39(29)49-41(21)51)15-27(47)35-34-26(46)14-22-32-24(16-28(48)36(38(32)34)33(25)37(31)35)44(54)52-30-12-10-18-6-2-4-8-20(18)40(30)50-42(22)52/h1-16,49-50H. The molecule has 0 aliphatic heterocycles. The molecule has 0 saturated heterocycles. The van der Waals surface area contributed by atoms with Crippen molar-refractivity contribution < 1.29 is 0 Å². The first-order valence-corrected chi connectivity index (χ1v) is 18.8. The van der Waals surface area contributed by atoms with Crippen molar-refractivity contribution in [2.75, 3.05) is 0 Å². The molecular formula is C44H18Cl4N4O2. The maximum Gasteiger partial charge on any atom is 0.264 e. The third kappa shape index (κ3) is 3.27. The zero-order valence-electron chi connectivity index (χ0n) is 27.5. The van der Waals surface area contributed by atoms with Crippen LogP contribution in [0, 0.1) is 0 Å². The van der Waals surface area contributed by atoms with Crippen molar-refractivity contribution in [1.29, 1.82) is 0 Å². The van der Waals surface area contributed by atoms with Crippen LogP contribution < -0.4 is 11.1 Å². The number of rotatable bonds is 0. The van der Waals surface area contributed by atoms with Crippen molar-refractivity contribution in [3.8, 4) is 0 Å². The summed E-state index contributed by atoms with van der Waals surface area (Å²) < 4.78 is 3.42. The number of benzene rings is 9. The molecule has 0 bridgehead atoms. The molecule has 0 radical (unpaired) electrons. The first-order valence-electron chi connectivity index (χ1n) is 17.3. The molecule has 0 fully saturated rings. The summed E-state index contributed by atoms with van der Waals surface area (Å²) >= 11 is 29.4. The van der Waals surface area contributed by atoms with E-state index in [1.54, 1.807) is 20.9 Å². The molecule has 4 aromatic heterocycles. The van der Waals surface area contributed by atoms with Crippen LogP contribution in [0.4, 0.5) is 0 Å². The summed E-state index contributed by atoms with van der Waals surface area (Å²) in [5.74, 6) is 0. The number of H-pyrrole nitrogens is 2. The normalized spacial score (nSPS) is 13.0. The fourth-order valence-corrected chi connectivity index (χ4v) is 10.8. The minimum absolute atomic E-state index is 0.213. The molecule has 13 rings (SSSR count). The van der Waals surface area contributed by atoms with Crippen LogP contribution in [0.2, 0.25) is 20.1 Å². The summed E-state index contributed by atoms with van der Waals surface area (Å²) in [7, 11) is 0. The highest BCUT2D eigenvalue weighted by Crippen LogP contribution is 2.53. The fraction of sp³-hybridized carbons (Fsp3) is 0. The van der Waals surface area contributed by atoms with Gasteiger partial charge in [0.25, 0.3) is 11.1 Å². The van der Waals surface area contributed by atoms with E-state index in [1.807, 2.05) is 84.9 Å². The first kappa shape index (κ1) is 29.7. The minimum Gasteiger partial charge on any atom is -0.339 e. The lowest BCUT2D eigenvalue weighted by Crippen LogP contribution is -2.14. The largest absolute Gasteiger partial charge is 0.339 e. The van der Waals surface area contributed by atoms with Gasteiger partial charge >= 0.3 is 0 Å². The monoisotopic (exact) mass is 774 g/mol. The number of fused-ring (bicyclic) bond motifs is 14. The highest BCUT2D eigenvalue weighted by atomic mass is 35.5. The summed E-state index contributed by atoms with van der Waals surface area (Å²) in [6.45, 7) is 0. The van der Waals surface area contributed by atoms with Crippen molar-refractivity contribution in [3.63, 3.8) is 0 Å². The summed E-state index contributed by atoms with van der Waals surface area (Å²) in [5.41, 5.74) is 4.01. The molecule has 0 saturated carbocycles. The summed E-state index contributed by atoms with van der Waals surface area (Å²) in [6, 6.07) is 31.4. The molecule has 54 heavy (non-hydrogen) atoms. The number of halogens is 4. The van der Waals surface area contributed by atoms with Gasteiger partial charge in [0.15, 0.2) is 0 Å². The highest BCUT2D eigenvalue weighted by Gasteiger charge is 2.29. The van der Waals surface area contributed by atoms with Crippen LogP contribution in [0.15, 0.2) is 107 Å². The maximum absolute atomic E-state index is 14.6. The summed E-state index contributed by atoms with van der Waals surface area (Å²) in [5, 5.41) is 13.4. The number of hydrogen-bond donors (Lipinski definition) is 2. The van der Waals surface area contributed by atoms with E-state index >= 15 is 0 Å². The van der Waals surface area contributed by atoms with Gasteiger partial charge in [0.1, 0.15) is 11.3 Å². The van der Waals surface area contributed by atoms with Gasteiger partial charge in [-0.2, -0.15) is 0 Å². The van der Waals surface area contributed by atoms with Gasteiger partial charge in [0.2, 0.25) is 0 Å². The smallest absolute Gasteiger partial charge is 0.264 e. The van der Waals surface area contributed by atoms with E-state index in [4.69, 9.17) is 46.4 Å². The topological polar surface area (TPSA) is 74.5 Å². The van der Waals surface area contributed by atoms with E-state index in [2.05, 4.69) is 9.97 Å². The Morgan fingerprint density at radius 2 is 0.759 bits per heavy atom. The van der Waals surface area contributed by atoms with Crippen LogP contribution >= 0.6 is 46.4 Å². The number of nitrogens with one attached hydrogen (secondary N) is 2. The number of nitrogens with zero attached hydrogens (tertiary/aromatic N) is 2. The Morgan fingerprint density at radius 3 is 1.17 bits per heavy atom. The van der Waals surface area contributed by atoms with Crippen LogP contribution in [0.3, 0.4) is 0 Å². The molecule has 254 valence electrons. The quantitative estimate of drug-likeness (QED) is 0.119. The molecule has 0 aliphatic carbocycles. The number of aromatic amines is 2. The second-order valence-electron chi connectivity index (χ2n) is 14.2. The Balaban J connectivity index is 1.29. The van der Waals surface area contributed by atoms with Gasteiger partial charge < -0.3 is 9.97 Å². The lowest BCUT2D eigenvalue weighted by molar-refractivity contribution is 1.19. The fourth-order valence-electron chi connectivity index (χ4n) is 9.61. The molecule has 0 unspecified atom stereocenters. The molecule has 0 aliphatic rings. The van der Waals surface area contributed by atoms with Crippen LogP contribution in [-0.2, 0) is 0 Å². The Kier molecular flexibility index (Phi) is 5.31. The lowest BCUT2D eigenvalue weighted by atomic mass is 9.86. The van der Waals surface area contributed by atoms with Gasteiger partial charge in [0, 0.05) is 84.7 Å². The molecular weight excluding hydrogens is 758 g/mol. The van der Waals surface area contributed by atoms with Gasteiger partial charge in [-0.15, -0.1) is 0 Å². The van der Waals surface area contributed by atoms with E-state index in [0.29, 0.717) is 85.2 Å². The Bertz CT molecular complexity index is 3780. The van der Waals surface area contributed by atoms with E-state index in [9.17, 15) is 9.59 Å². The zero-order chi connectivity index (χ0) is 36.0. The Hall–Kier alpha value is -5.76. The first-order chi connectivity index (χ1) is 26.3. The molecule has 6 nitrogen and oxygen atoms in total. The highest BCUT2D eigenvalue weighted by molar-refractivity contribution is 6.56. The molecule has 4 heterocycles. The van der Waals surface area contributed by atoms with Gasteiger partial charge in [-0.25, -0.2) is 0 Å². The summed E-state index contributed by atoms with van der Waals surface area (Å²) in [4.78, 5) is 36.5. The second kappa shape index (κ2) is 9.66. The van der Waals surface area contributed by atoms with Crippen molar-refractivity contribution in [2.45, 2.75) is 0 Å².